The Balaban J connectivity index is 1.92. The average Bonchev–Trinajstić information content (AvgIpc) is 2.84. The number of methoxy groups -OCH3 is 1. The summed E-state index contributed by atoms with van der Waals surface area (Å²) in [7, 11) is 1.57. The van der Waals surface area contributed by atoms with Gasteiger partial charge in [-0.2, -0.15) is 5.26 Å². The lowest BCUT2D eigenvalue weighted by Crippen LogP contribution is -2.25. The van der Waals surface area contributed by atoms with E-state index in [-0.39, 0.29) is 0 Å². The topological polar surface area (TPSA) is 57.5 Å². The van der Waals surface area contributed by atoms with Gasteiger partial charge in [-0.25, -0.2) is 0 Å². The lowest BCUT2D eigenvalue weighted by molar-refractivity contribution is 0.248. The molecule has 1 heterocycles. The van der Waals surface area contributed by atoms with Crippen molar-refractivity contribution in [3.63, 3.8) is 0 Å². The predicted molar refractivity (Wildman–Crippen MR) is 71.9 cm³/mol. The number of rotatable bonds is 5. The molecule has 0 saturated carbocycles. The van der Waals surface area contributed by atoms with Crippen LogP contribution in [0.5, 0.6) is 11.5 Å². The maximum absolute atomic E-state index is 8.83. The van der Waals surface area contributed by atoms with Crippen LogP contribution in [0.15, 0.2) is 30.6 Å². The molecule has 1 aromatic rings. The van der Waals surface area contributed by atoms with Crippen molar-refractivity contribution in [3.8, 4) is 17.6 Å². The smallest absolute Gasteiger partial charge is 0.162 e. The summed E-state index contributed by atoms with van der Waals surface area (Å²) in [4.78, 5) is 2.14. The van der Waals surface area contributed by atoms with Gasteiger partial charge in [0.2, 0.25) is 0 Å². The SMILES string of the molecule is C=C1NCCN1CCOc1ccc(C#N)cc1OC. The second kappa shape index (κ2) is 6.01. The molecule has 1 aliphatic heterocycles. The lowest BCUT2D eigenvalue weighted by atomic mass is 10.2. The van der Waals surface area contributed by atoms with Gasteiger partial charge >= 0.3 is 0 Å². The van der Waals surface area contributed by atoms with Gasteiger partial charge in [-0.3, -0.25) is 0 Å². The Bertz CT molecular complexity index is 508. The van der Waals surface area contributed by atoms with E-state index in [1.165, 1.54) is 0 Å². The molecular formula is C14H17N3O2. The quantitative estimate of drug-likeness (QED) is 0.864. The Kier molecular flexibility index (Phi) is 4.14. The lowest BCUT2D eigenvalue weighted by Gasteiger charge is -2.18. The first-order chi connectivity index (χ1) is 9.24. The maximum Gasteiger partial charge on any atom is 0.162 e. The number of benzene rings is 1. The van der Waals surface area contributed by atoms with Crippen molar-refractivity contribution < 1.29 is 9.47 Å². The van der Waals surface area contributed by atoms with E-state index in [2.05, 4.69) is 22.9 Å². The molecule has 0 amide bonds. The summed E-state index contributed by atoms with van der Waals surface area (Å²) in [6, 6.07) is 7.22. The molecule has 100 valence electrons. The summed E-state index contributed by atoms with van der Waals surface area (Å²) in [6.45, 7) is 7.11. The van der Waals surface area contributed by atoms with Crippen LogP contribution in [0, 0.1) is 11.3 Å². The monoisotopic (exact) mass is 259 g/mol. The minimum Gasteiger partial charge on any atom is -0.493 e. The molecule has 1 saturated heterocycles. The molecule has 1 aliphatic rings. The second-order valence-electron chi connectivity index (χ2n) is 4.19. The Morgan fingerprint density at radius 2 is 2.32 bits per heavy atom. The molecule has 5 nitrogen and oxygen atoms in total. The fourth-order valence-electron chi connectivity index (χ4n) is 1.95. The zero-order chi connectivity index (χ0) is 13.7. The van der Waals surface area contributed by atoms with E-state index < -0.39 is 0 Å². The molecule has 1 aromatic carbocycles. The largest absolute Gasteiger partial charge is 0.493 e. The highest BCUT2D eigenvalue weighted by Crippen LogP contribution is 2.27. The van der Waals surface area contributed by atoms with Crippen LogP contribution < -0.4 is 14.8 Å². The highest BCUT2D eigenvalue weighted by atomic mass is 16.5. The highest BCUT2D eigenvalue weighted by Gasteiger charge is 2.14. The standard InChI is InChI=1S/C14H17N3O2/c1-11-16-5-6-17(11)7-8-19-13-4-3-12(10-15)9-14(13)18-2/h3-4,9,16H,1,5-8H2,2H3. The molecule has 0 unspecified atom stereocenters. The molecule has 1 fully saturated rings. The van der Waals surface area contributed by atoms with Gasteiger partial charge in [-0.15, -0.1) is 0 Å². The molecular weight excluding hydrogens is 242 g/mol. The van der Waals surface area contributed by atoms with Crippen molar-refractivity contribution in [2.75, 3.05) is 33.4 Å². The zero-order valence-electron chi connectivity index (χ0n) is 11.0. The number of hydrogen-bond donors (Lipinski definition) is 1. The summed E-state index contributed by atoms with van der Waals surface area (Å²) >= 11 is 0. The first kappa shape index (κ1) is 13.1. The molecule has 19 heavy (non-hydrogen) atoms. The van der Waals surface area contributed by atoms with Crippen molar-refractivity contribution in [2.24, 2.45) is 0 Å². The molecule has 0 spiro atoms. The van der Waals surface area contributed by atoms with E-state index in [0.29, 0.717) is 23.7 Å². The van der Waals surface area contributed by atoms with Crippen molar-refractivity contribution in [3.05, 3.63) is 36.2 Å². The van der Waals surface area contributed by atoms with Crippen LogP contribution in [-0.4, -0.2) is 38.3 Å². The normalized spacial score (nSPS) is 13.9. The van der Waals surface area contributed by atoms with E-state index in [9.17, 15) is 0 Å². The summed E-state index contributed by atoms with van der Waals surface area (Å²) in [5, 5.41) is 12.0. The minimum atomic E-state index is 0.545. The number of hydrogen-bond acceptors (Lipinski definition) is 5. The van der Waals surface area contributed by atoms with Crippen LogP contribution in [0.3, 0.4) is 0 Å². The van der Waals surface area contributed by atoms with Crippen LogP contribution in [0.1, 0.15) is 5.56 Å². The fourth-order valence-corrected chi connectivity index (χ4v) is 1.95. The molecule has 0 atom stereocenters. The van der Waals surface area contributed by atoms with Crippen molar-refractivity contribution in [2.45, 2.75) is 0 Å². The van der Waals surface area contributed by atoms with Gasteiger partial charge in [0.1, 0.15) is 6.61 Å². The fraction of sp³-hybridized carbons (Fsp3) is 0.357. The predicted octanol–water partition coefficient (Wildman–Crippen LogP) is 1.32. The van der Waals surface area contributed by atoms with Gasteiger partial charge in [0.25, 0.3) is 0 Å². The molecule has 0 aliphatic carbocycles. The van der Waals surface area contributed by atoms with Crippen LogP contribution in [0.2, 0.25) is 0 Å². The second-order valence-corrected chi connectivity index (χ2v) is 4.19. The van der Waals surface area contributed by atoms with E-state index in [4.69, 9.17) is 14.7 Å². The van der Waals surface area contributed by atoms with Gasteiger partial charge < -0.3 is 19.7 Å². The Morgan fingerprint density at radius 1 is 1.47 bits per heavy atom. The van der Waals surface area contributed by atoms with Crippen molar-refractivity contribution >= 4 is 0 Å². The molecule has 0 radical (unpaired) electrons. The van der Waals surface area contributed by atoms with E-state index in [1.54, 1.807) is 25.3 Å². The van der Waals surface area contributed by atoms with Gasteiger partial charge in [-0.05, 0) is 12.1 Å². The van der Waals surface area contributed by atoms with Gasteiger partial charge in [0, 0.05) is 19.2 Å². The van der Waals surface area contributed by atoms with Gasteiger partial charge in [-0.1, -0.05) is 6.58 Å². The van der Waals surface area contributed by atoms with Gasteiger partial charge in [0.15, 0.2) is 11.5 Å². The third-order valence-electron chi connectivity index (χ3n) is 3.00. The molecule has 0 aromatic heterocycles. The Labute approximate surface area is 113 Å². The molecule has 2 rings (SSSR count). The third-order valence-corrected chi connectivity index (χ3v) is 3.00. The van der Waals surface area contributed by atoms with Gasteiger partial charge in [0.05, 0.1) is 31.1 Å². The zero-order valence-corrected chi connectivity index (χ0v) is 11.0. The Hall–Kier alpha value is -2.35. The molecule has 1 N–H and O–H groups in total. The number of nitriles is 1. The maximum atomic E-state index is 8.83. The van der Waals surface area contributed by atoms with E-state index in [0.717, 1.165) is 25.5 Å². The highest BCUT2D eigenvalue weighted by molar-refractivity contribution is 5.46. The summed E-state index contributed by atoms with van der Waals surface area (Å²) in [5.74, 6) is 2.17. The summed E-state index contributed by atoms with van der Waals surface area (Å²) in [5.41, 5.74) is 0.557. The van der Waals surface area contributed by atoms with E-state index in [1.807, 2.05) is 0 Å². The summed E-state index contributed by atoms with van der Waals surface area (Å²) < 4.78 is 10.9. The van der Waals surface area contributed by atoms with Crippen LogP contribution >= 0.6 is 0 Å². The van der Waals surface area contributed by atoms with Crippen LogP contribution in [0.4, 0.5) is 0 Å². The third kappa shape index (κ3) is 3.10. The average molecular weight is 259 g/mol. The molecule has 5 heteroatoms. The van der Waals surface area contributed by atoms with E-state index >= 15 is 0 Å². The first-order valence-corrected chi connectivity index (χ1v) is 6.13. The van der Waals surface area contributed by atoms with Crippen molar-refractivity contribution in [1.82, 2.24) is 10.2 Å². The number of nitrogens with zero attached hydrogens (tertiary/aromatic N) is 2. The van der Waals surface area contributed by atoms with Crippen LogP contribution in [0.25, 0.3) is 0 Å². The summed E-state index contributed by atoms with van der Waals surface area (Å²) in [6.07, 6.45) is 0. The Morgan fingerprint density at radius 3 is 2.95 bits per heavy atom. The van der Waals surface area contributed by atoms with Crippen LogP contribution in [-0.2, 0) is 0 Å². The molecule has 0 bridgehead atoms. The number of nitrogens with one attached hydrogen (secondary N) is 1. The van der Waals surface area contributed by atoms with Crippen molar-refractivity contribution in [1.29, 1.82) is 5.26 Å². The first-order valence-electron chi connectivity index (χ1n) is 6.13. The number of ether oxygens (including phenoxy) is 2. The minimum absolute atomic E-state index is 0.545.